The highest BCUT2D eigenvalue weighted by Crippen LogP contribution is 2.32. The fourth-order valence-electron chi connectivity index (χ4n) is 2.04. The summed E-state index contributed by atoms with van der Waals surface area (Å²) in [5.41, 5.74) is 6.01. The van der Waals surface area contributed by atoms with Crippen LogP contribution in [0.15, 0.2) is 14.3 Å². The van der Waals surface area contributed by atoms with Crippen LogP contribution in [0.2, 0.25) is 0 Å². The van der Waals surface area contributed by atoms with Crippen LogP contribution in [-0.2, 0) is 0 Å². The van der Waals surface area contributed by atoms with E-state index in [0.29, 0.717) is 4.88 Å². The Hall–Kier alpha value is 0.0900. The lowest BCUT2D eigenvalue weighted by Crippen LogP contribution is -2.49. The van der Waals surface area contributed by atoms with Crippen LogP contribution >= 0.6 is 43.2 Å². The monoisotopic (exact) mass is 380 g/mol. The zero-order chi connectivity index (χ0) is 12.4. The van der Waals surface area contributed by atoms with Gasteiger partial charge in [0.15, 0.2) is 0 Å². The topological polar surface area (TPSA) is 55.1 Å². The van der Waals surface area contributed by atoms with Crippen LogP contribution in [0.25, 0.3) is 0 Å². The zero-order valence-corrected chi connectivity index (χ0v) is 13.2. The van der Waals surface area contributed by atoms with Gasteiger partial charge in [-0.05, 0) is 50.8 Å². The van der Waals surface area contributed by atoms with Gasteiger partial charge in [-0.15, -0.1) is 11.3 Å². The molecule has 1 fully saturated rings. The summed E-state index contributed by atoms with van der Waals surface area (Å²) < 4.78 is 1.86. The quantitative estimate of drug-likeness (QED) is 0.825. The minimum atomic E-state index is -0.0243. The van der Waals surface area contributed by atoms with Crippen LogP contribution < -0.4 is 11.1 Å². The SMILES string of the molecule is N[C@@H]1CCCC[C@H]1NC(=O)c1cc(Br)c(Br)s1. The summed E-state index contributed by atoms with van der Waals surface area (Å²) in [5, 5.41) is 3.03. The van der Waals surface area contributed by atoms with Crippen molar-refractivity contribution in [1.82, 2.24) is 5.32 Å². The molecule has 0 aromatic carbocycles. The molecule has 6 heteroatoms. The highest BCUT2D eigenvalue weighted by atomic mass is 79.9. The lowest BCUT2D eigenvalue weighted by Gasteiger charge is -2.29. The fourth-order valence-corrected chi connectivity index (χ4v) is 3.98. The first-order chi connectivity index (χ1) is 8.08. The molecule has 0 aliphatic heterocycles. The number of nitrogens with one attached hydrogen (secondary N) is 1. The largest absolute Gasteiger partial charge is 0.347 e. The Balaban J connectivity index is 2.01. The van der Waals surface area contributed by atoms with Gasteiger partial charge in [0, 0.05) is 16.6 Å². The maximum Gasteiger partial charge on any atom is 0.261 e. The fraction of sp³-hybridized carbons (Fsp3) is 0.545. The molecule has 0 saturated heterocycles. The number of halogens is 2. The summed E-state index contributed by atoms with van der Waals surface area (Å²) in [4.78, 5) is 12.7. The van der Waals surface area contributed by atoms with Crippen molar-refractivity contribution in [2.45, 2.75) is 37.8 Å². The molecular weight excluding hydrogens is 368 g/mol. The molecule has 1 amide bonds. The van der Waals surface area contributed by atoms with Gasteiger partial charge in [0.25, 0.3) is 5.91 Å². The van der Waals surface area contributed by atoms with E-state index in [4.69, 9.17) is 5.73 Å². The Morgan fingerprint density at radius 3 is 2.71 bits per heavy atom. The second-order valence-corrected chi connectivity index (χ2v) is 7.48. The van der Waals surface area contributed by atoms with Crippen molar-refractivity contribution in [3.8, 4) is 0 Å². The van der Waals surface area contributed by atoms with Crippen LogP contribution in [0.5, 0.6) is 0 Å². The standard InChI is InChI=1S/C11H14Br2N2OS/c12-6-5-9(17-10(6)13)11(16)15-8-4-2-1-3-7(8)14/h5,7-8H,1-4,14H2,(H,15,16)/t7-,8-/m1/s1. The first kappa shape index (κ1) is 13.5. The summed E-state index contributed by atoms with van der Waals surface area (Å²) in [6.07, 6.45) is 4.31. The van der Waals surface area contributed by atoms with Crippen molar-refractivity contribution in [2.75, 3.05) is 0 Å². The van der Waals surface area contributed by atoms with Crippen LogP contribution in [-0.4, -0.2) is 18.0 Å². The molecule has 94 valence electrons. The van der Waals surface area contributed by atoms with Crippen molar-refractivity contribution >= 4 is 49.1 Å². The Labute approximate surface area is 121 Å². The first-order valence-electron chi connectivity index (χ1n) is 5.59. The van der Waals surface area contributed by atoms with Gasteiger partial charge in [0.1, 0.15) is 0 Å². The smallest absolute Gasteiger partial charge is 0.261 e. The van der Waals surface area contributed by atoms with E-state index < -0.39 is 0 Å². The number of nitrogens with two attached hydrogens (primary N) is 1. The molecular formula is C11H14Br2N2OS. The first-order valence-corrected chi connectivity index (χ1v) is 7.99. The molecule has 3 N–H and O–H groups in total. The normalized spacial score (nSPS) is 24.6. The maximum absolute atomic E-state index is 12.0. The molecule has 1 aromatic rings. The predicted molar refractivity (Wildman–Crippen MR) is 77.4 cm³/mol. The maximum atomic E-state index is 12.0. The van der Waals surface area contributed by atoms with E-state index in [1.54, 1.807) is 0 Å². The summed E-state index contributed by atoms with van der Waals surface area (Å²) in [5.74, 6) is -0.0243. The van der Waals surface area contributed by atoms with Gasteiger partial charge in [-0.25, -0.2) is 0 Å². The van der Waals surface area contributed by atoms with Crippen molar-refractivity contribution in [1.29, 1.82) is 0 Å². The molecule has 1 aromatic heterocycles. The molecule has 0 spiro atoms. The number of carbonyl (C=O) groups excluding carboxylic acids is 1. The number of carbonyl (C=O) groups is 1. The molecule has 0 unspecified atom stereocenters. The number of hydrogen-bond donors (Lipinski definition) is 2. The van der Waals surface area contributed by atoms with E-state index in [9.17, 15) is 4.79 Å². The van der Waals surface area contributed by atoms with Gasteiger partial charge in [0.05, 0.1) is 8.66 Å². The van der Waals surface area contributed by atoms with Crippen LogP contribution in [0.1, 0.15) is 35.4 Å². The van der Waals surface area contributed by atoms with E-state index in [-0.39, 0.29) is 18.0 Å². The Morgan fingerprint density at radius 2 is 2.12 bits per heavy atom. The molecule has 1 saturated carbocycles. The van der Waals surface area contributed by atoms with E-state index in [1.807, 2.05) is 6.07 Å². The summed E-state index contributed by atoms with van der Waals surface area (Å²) in [7, 11) is 0. The molecule has 17 heavy (non-hydrogen) atoms. The van der Waals surface area contributed by atoms with E-state index >= 15 is 0 Å². The minimum absolute atomic E-state index is 0.0243. The van der Waals surface area contributed by atoms with Crippen molar-refractivity contribution in [3.05, 3.63) is 19.2 Å². The minimum Gasteiger partial charge on any atom is -0.347 e. The average Bonchev–Trinajstić information content (AvgIpc) is 2.63. The molecule has 2 rings (SSSR count). The Morgan fingerprint density at radius 1 is 1.41 bits per heavy atom. The third kappa shape index (κ3) is 3.30. The van der Waals surface area contributed by atoms with Crippen LogP contribution in [0, 0.1) is 0 Å². The van der Waals surface area contributed by atoms with Crippen LogP contribution in [0.3, 0.4) is 0 Å². The predicted octanol–water partition coefficient (Wildman–Crippen LogP) is 3.27. The van der Waals surface area contributed by atoms with Crippen LogP contribution in [0.4, 0.5) is 0 Å². The lowest BCUT2D eigenvalue weighted by molar-refractivity contribution is 0.0925. The second-order valence-electron chi connectivity index (χ2n) is 4.26. The molecule has 1 heterocycles. The van der Waals surface area contributed by atoms with Crippen molar-refractivity contribution in [2.24, 2.45) is 5.73 Å². The third-order valence-electron chi connectivity index (χ3n) is 3.00. The molecule has 1 aliphatic rings. The highest BCUT2D eigenvalue weighted by Gasteiger charge is 2.24. The number of rotatable bonds is 2. The van der Waals surface area contributed by atoms with Gasteiger partial charge >= 0.3 is 0 Å². The summed E-state index contributed by atoms with van der Waals surface area (Å²) in [6.45, 7) is 0. The summed E-state index contributed by atoms with van der Waals surface area (Å²) >= 11 is 8.20. The average molecular weight is 382 g/mol. The lowest BCUT2D eigenvalue weighted by atomic mass is 9.91. The Kier molecular flexibility index (Phi) is 4.63. The van der Waals surface area contributed by atoms with E-state index in [0.717, 1.165) is 27.5 Å². The van der Waals surface area contributed by atoms with Crippen molar-refractivity contribution < 1.29 is 4.79 Å². The van der Waals surface area contributed by atoms with Gasteiger partial charge in [-0.2, -0.15) is 0 Å². The number of thiophene rings is 1. The van der Waals surface area contributed by atoms with Gasteiger partial charge in [-0.1, -0.05) is 12.8 Å². The number of amides is 1. The molecule has 0 bridgehead atoms. The van der Waals surface area contributed by atoms with Crippen molar-refractivity contribution in [3.63, 3.8) is 0 Å². The summed E-state index contributed by atoms with van der Waals surface area (Å²) in [6, 6.07) is 2.05. The third-order valence-corrected chi connectivity index (χ3v) is 6.26. The van der Waals surface area contributed by atoms with Gasteiger partial charge in [0.2, 0.25) is 0 Å². The molecule has 0 radical (unpaired) electrons. The molecule has 3 nitrogen and oxygen atoms in total. The second kappa shape index (κ2) is 5.82. The zero-order valence-electron chi connectivity index (χ0n) is 9.21. The molecule has 2 atom stereocenters. The van der Waals surface area contributed by atoms with E-state index in [1.165, 1.54) is 17.8 Å². The Bertz CT molecular complexity index is 402. The van der Waals surface area contributed by atoms with E-state index in [2.05, 4.69) is 37.2 Å². The van der Waals surface area contributed by atoms with Gasteiger partial charge in [-0.3, -0.25) is 4.79 Å². The van der Waals surface area contributed by atoms with Gasteiger partial charge < -0.3 is 11.1 Å². The highest BCUT2D eigenvalue weighted by molar-refractivity contribution is 9.13. The number of hydrogen-bond acceptors (Lipinski definition) is 3. The molecule has 1 aliphatic carbocycles.